The molecule has 76 valence electrons. The van der Waals surface area contributed by atoms with Crippen LogP contribution >= 0.6 is 0 Å². The number of pyridine rings is 1. The van der Waals surface area contributed by atoms with Crippen LogP contribution in [0.1, 0.15) is 23.0 Å². The van der Waals surface area contributed by atoms with E-state index >= 15 is 0 Å². The Hall–Kier alpha value is -1.90. The maximum absolute atomic E-state index is 11.1. The molecule has 2 rings (SSSR count). The number of Topliss-reactive ketones (excluding diaryl/α,β-unsaturated/α-hetero) is 1. The fourth-order valence-electron chi connectivity index (χ4n) is 1.47. The lowest BCUT2D eigenvalue weighted by molar-refractivity contribution is 0.101. The monoisotopic (exact) mass is 201 g/mol. The van der Waals surface area contributed by atoms with E-state index in [4.69, 9.17) is 0 Å². The number of phenols is 1. The van der Waals surface area contributed by atoms with Crippen molar-refractivity contribution in [3.63, 3.8) is 0 Å². The van der Waals surface area contributed by atoms with E-state index in [0.717, 1.165) is 10.9 Å². The lowest BCUT2D eigenvalue weighted by Crippen LogP contribution is -1.96. The fourth-order valence-corrected chi connectivity index (χ4v) is 1.47. The second-order valence-corrected chi connectivity index (χ2v) is 3.56. The number of carbonyl (C=O) groups is 1. The number of fused-ring (bicyclic) bond motifs is 1. The van der Waals surface area contributed by atoms with Gasteiger partial charge in [0.15, 0.2) is 5.78 Å². The average Bonchev–Trinajstić information content (AvgIpc) is 2.23. The zero-order valence-corrected chi connectivity index (χ0v) is 8.61. The molecule has 3 nitrogen and oxygen atoms in total. The van der Waals surface area contributed by atoms with Crippen molar-refractivity contribution in [3.05, 3.63) is 35.5 Å². The Balaban J connectivity index is 2.79. The Morgan fingerprint density at radius 1 is 1.27 bits per heavy atom. The van der Waals surface area contributed by atoms with Crippen molar-refractivity contribution in [1.29, 1.82) is 0 Å². The van der Waals surface area contributed by atoms with Crippen LogP contribution in [0.2, 0.25) is 0 Å². The van der Waals surface area contributed by atoms with E-state index in [1.165, 1.54) is 6.92 Å². The Morgan fingerprint density at radius 3 is 2.60 bits per heavy atom. The van der Waals surface area contributed by atoms with Crippen molar-refractivity contribution in [3.8, 4) is 5.75 Å². The molecule has 0 aliphatic rings. The molecule has 0 aliphatic carbocycles. The van der Waals surface area contributed by atoms with Crippen molar-refractivity contribution in [2.24, 2.45) is 0 Å². The number of phenolic OH excluding ortho intramolecular Hbond substituents is 1. The molecule has 0 spiro atoms. The zero-order chi connectivity index (χ0) is 11.0. The van der Waals surface area contributed by atoms with Crippen molar-refractivity contribution < 1.29 is 9.90 Å². The summed E-state index contributed by atoms with van der Waals surface area (Å²) in [4.78, 5) is 15.3. The molecule has 0 atom stereocenters. The van der Waals surface area contributed by atoms with E-state index < -0.39 is 0 Å². The summed E-state index contributed by atoms with van der Waals surface area (Å²) in [7, 11) is 0. The fraction of sp³-hybridized carbons (Fsp3) is 0.167. The van der Waals surface area contributed by atoms with Crippen molar-refractivity contribution in [2.75, 3.05) is 0 Å². The Labute approximate surface area is 87.4 Å². The van der Waals surface area contributed by atoms with Gasteiger partial charge in [-0.25, -0.2) is 4.98 Å². The second kappa shape index (κ2) is 3.35. The minimum absolute atomic E-state index is 0.0993. The van der Waals surface area contributed by atoms with Gasteiger partial charge in [0.1, 0.15) is 17.0 Å². The van der Waals surface area contributed by atoms with Crippen LogP contribution in [0.4, 0.5) is 0 Å². The highest BCUT2D eigenvalue weighted by molar-refractivity contribution is 5.96. The minimum atomic E-state index is -0.0993. The van der Waals surface area contributed by atoms with Gasteiger partial charge in [-0.2, -0.15) is 0 Å². The number of hydrogen-bond acceptors (Lipinski definition) is 3. The molecule has 1 heterocycles. The van der Waals surface area contributed by atoms with Gasteiger partial charge in [0, 0.05) is 12.3 Å². The number of aryl methyl sites for hydroxylation is 1. The molecule has 0 unspecified atom stereocenters. The molecular formula is C12H11NO2. The Kier molecular flexibility index (Phi) is 2.15. The van der Waals surface area contributed by atoms with E-state index in [1.807, 2.05) is 12.1 Å². The Morgan fingerprint density at radius 2 is 1.93 bits per heavy atom. The first-order valence-corrected chi connectivity index (χ1v) is 4.70. The van der Waals surface area contributed by atoms with Crippen molar-refractivity contribution in [1.82, 2.24) is 4.98 Å². The summed E-state index contributed by atoms with van der Waals surface area (Å²) in [6.45, 7) is 3.26. The smallest absolute Gasteiger partial charge is 0.178 e. The molecular weight excluding hydrogens is 190 g/mol. The van der Waals surface area contributed by atoms with Crippen LogP contribution in [0.15, 0.2) is 24.3 Å². The molecule has 15 heavy (non-hydrogen) atoms. The normalized spacial score (nSPS) is 10.5. The van der Waals surface area contributed by atoms with Crippen LogP contribution in [0.5, 0.6) is 5.75 Å². The predicted octanol–water partition coefficient (Wildman–Crippen LogP) is 2.45. The number of ketones is 1. The number of carbonyl (C=O) groups excluding carboxylic acids is 1. The molecule has 0 saturated heterocycles. The van der Waals surface area contributed by atoms with Gasteiger partial charge in [0.2, 0.25) is 0 Å². The van der Waals surface area contributed by atoms with E-state index in [2.05, 4.69) is 4.98 Å². The molecule has 1 aromatic heterocycles. The van der Waals surface area contributed by atoms with Gasteiger partial charge in [-0.1, -0.05) is 18.2 Å². The number of hydrogen-bond donors (Lipinski definition) is 1. The number of rotatable bonds is 1. The van der Waals surface area contributed by atoms with Gasteiger partial charge < -0.3 is 5.11 Å². The van der Waals surface area contributed by atoms with Crippen LogP contribution in [0.3, 0.4) is 0 Å². The first kappa shape index (κ1) is 9.65. The van der Waals surface area contributed by atoms with E-state index in [0.29, 0.717) is 11.2 Å². The summed E-state index contributed by atoms with van der Waals surface area (Å²) >= 11 is 0. The van der Waals surface area contributed by atoms with Gasteiger partial charge in [-0.05, 0) is 18.6 Å². The first-order valence-electron chi connectivity index (χ1n) is 4.70. The summed E-state index contributed by atoms with van der Waals surface area (Å²) in [5.41, 5.74) is 1.63. The number of aromatic hydroxyl groups is 1. The number of aromatic nitrogens is 1. The van der Waals surface area contributed by atoms with Gasteiger partial charge in [-0.3, -0.25) is 4.79 Å². The topological polar surface area (TPSA) is 50.2 Å². The minimum Gasteiger partial charge on any atom is -0.505 e. The summed E-state index contributed by atoms with van der Waals surface area (Å²) in [5.74, 6) is 0.0495. The second-order valence-electron chi connectivity index (χ2n) is 3.56. The molecule has 0 fully saturated rings. The van der Waals surface area contributed by atoms with Crippen LogP contribution in [-0.4, -0.2) is 15.9 Å². The standard InChI is InChI=1S/C12H11NO2/c1-7-3-4-9-5-6-10(8(2)14)13-11(9)12(7)15/h3-6,15H,1-2H3. The Bertz CT molecular complexity index is 547. The van der Waals surface area contributed by atoms with E-state index in [9.17, 15) is 9.90 Å². The summed E-state index contributed by atoms with van der Waals surface area (Å²) < 4.78 is 0. The van der Waals surface area contributed by atoms with Gasteiger partial charge in [0.25, 0.3) is 0 Å². The van der Waals surface area contributed by atoms with Crippen LogP contribution in [-0.2, 0) is 0 Å². The molecule has 2 aromatic rings. The lowest BCUT2D eigenvalue weighted by atomic mass is 10.1. The third-order valence-electron chi connectivity index (χ3n) is 2.40. The summed E-state index contributed by atoms with van der Waals surface area (Å²) in [6, 6.07) is 7.16. The largest absolute Gasteiger partial charge is 0.505 e. The highest BCUT2D eigenvalue weighted by Crippen LogP contribution is 2.26. The molecule has 3 heteroatoms. The van der Waals surface area contributed by atoms with E-state index in [1.54, 1.807) is 19.1 Å². The van der Waals surface area contributed by atoms with E-state index in [-0.39, 0.29) is 11.5 Å². The maximum Gasteiger partial charge on any atom is 0.178 e. The summed E-state index contributed by atoms with van der Waals surface area (Å²) in [5, 5.41) is 10.6. The van der Waals surface area contributed by atoms with Gasteiger partial charge in [-0.15, -0.1) is 0 Å². The van der Waals surface area contributed by atoms with Gasteiger partial charge in [0.05, 0.1) is 0 Å². The highest BCUT2D eigenvalue weighted by atomic mass is 16.3. The third-order valence-corrected chi connectivity index (χ3v) is 2.40. The number of nitrogens with zero attached hydrogens (tertiary/aromatic N) is 1. The SMILES string of the molecule is CC(=O)c1ccc2ccc(C)c(O)c2n1. The third kappa shape index (κ3) is 1.56. The van der Waals surface area contributed by atoms with Crippen molar-refractivity contribution in [2.45, 2.75) is 13.8 Å². The predicted molar refractivity (Wildman–Crippen MR) is 58.1 cm³/mol. The molecule has 1 N–H and O–H groups in total. The molecule has 0 aliphatic heterocycles. The van der Waals surface area contributed by atoms with Gasteiger partial charge >= 0.3 is 0 Å². The maximum atomic E-state index is 11.1. The first-order chi connectivity index (χ1) is 7.09. The number of benzene rings is 1. The molecule has 0 radical (unpaired) electrons. The quantitative estimate of drug-likeness (QED) is 0.721. The molecule has 0 amide bonds. The molecule has 1 aromatic carbocycles. The molecule has 0 bridgehead atoms. The highest BCUT2D eigenvalue weighted by Gasteiger charge is 2.07. The average molecular weight is 201 g/mol. The summed E-state index contributed by atoms with van der Waals surface area (Å²) in [6.07, 6.45) is 0. The van der Waals surface area contributed by atoms with Crippen molar-refractivity contribution >= 4 is 16.7 Å². The molecule has 0 saturated carbocycles. The van der Waals surface area contributed by atoms with Crippen LogP contribution < -0.4 is 0 Å². The zero-order valence-electron chi connectivity index (χ0n) is 8.61. The van der Waals surface area contributed by atoms with Crippen LogP contribution in [0.25, 0.3) is 10.9 Å². The van der Waals surface area contributed by atoms with Crippen LogP contribution in [0, 0.1) is 6.92 Å². The lowest BCUT2D eigenvalue weighted by Gasteiger charge is -2.04.